The minimum Gasteiger partial charge on any atom is -0.382 e. The number of nitrogens with zero attached hydrogens (tertiary/aromatic N) is 2. The molecule has 1 aliphatic rings. The molecule has 4 rings (SSSR count). The van der Waals surface area contributed by atoms with E-state index in [2.05, 4.69) is 44.7 Å². The maximum atomic E-state index is 6.11. The van der Waals surface area contributed by atoms with Gasteiger partial charge in [0.2, 0.25) is 0 Å². The Bertz CT molecular complexity index is 869. The summed E-state index contributed by atoms with van der Waals surface area (Å²) >= 11 is 12.1. The van der Waals surface area contributed by atoms with Crippen molar-refractivity contribution in [1.82, 2.24) is 15.1 Å². The first-order valence-corrected chi connectivity index (χ1v) is 9.29. The number of anilines is 1. The molecule has 0 aliphatic carbocycles. The van der Waals surface area contributed by atoms with Gasteiger partial charge >= 0.3 is 0 Å². The van der Waals surface area contributed by atoms with Gasteiger partial charge in [-0.15, -0.1) is 0 Å². The number of aromatic nitrogens is 2. The van der Waals surface area contributed by atoms with E-state index in [1.165, 1.54) is 5.56 Å². The molecule has 0 bridgehead atoms. The van der Waals surface area contributed by atoms with Crippen LogP contribution in [0, 0.1) is 0 Å². The number of likely N-dealkylation sites (tertiary alicyclic amines) is 1. The molecule has 1 saturated heterocycles. The van der Waals surface area contributed by atoms with Gasteiger partial charge in [-0.3, -0.25) is 10.00 Å². The number of hydrogen-bond acceptors (Lipinski definition) is 3. The van der Waals surface area contributed by atoms with Crippen molar-refractivity contribution < 1.29 is 0 Å². The average molecular weight is 375 g/mol. The van der Waals surface area contributed by atoms with E-state index in [4.69, 9.17) is 23.2 Å². The zero-order valence-electron chi connectivity index (χ0n) is 13.8. The summed E-state index contributed by atoms with van der Waals surface area (Å²) in [6, 6.07) is 12.7. The highest BCUT2D eigenvalue weighted by molar-refractivity contribution is 6.42. The van der Waals surface area contributed by atoms with Gasteiger partial charge in [-0.1, -0.05) is 29.3 Å². The summed E-state index contributed by atoms with van der Waals surface area (Å²) in [6.07, 6.45) is 4.12. The Labute approximate surface area is 157 Å². The number of halogens is 2. The highest BCUT2D eigenvalue weighted by atomic mass is 35.5. The predicted octanol–water partition coefficient (Wildman–Crippen LogP) is 4.95. The Kier molecular flexibility index (Phi) is 4.84. The van der Waals surface area contributed by atoms with Gasteiger partial charge in [-0.05, 0) is 48.7 Å². The molecule has 2 N–H and O–H groups in total. The molecule has 0 amide bonds. The van der Waals surface area contributed by atoms with E-state index in [-0.39, 0.29) is 0 Å². The normalized spacial score (nSPS) is 16.4. The molecule has 3 aromatic rings. The highest BCUT2D eigenvalue weighted by Crippen LogP contribution is 2.25. The van der Waals surface area contributed by atoms with Crippen LogP contribution in [0.5, 0.6) is 0 Å². The minimum atomic E-state index is 0.509. The standard InChI is InChI=1S/C19H20Cl2N4/c20-17-3-1-13(9-18(17)21)12-25-7-5-15(6-8-25)23-16-2-4-19-14(10-16)11-22-24-19/h1-4,9-11,15,23H,5-8,12H2,(H,22,24). The van der Waals surface area contributed by atoms with Crippen molar-refractivity contribution in [2.75, 3.05) is 18.4 Å². The maximum Gasteiger partial charge on any atom is 0.0651 e. The summed E-state index contributed by atoms with van der Waals surface area (Å²) in [6.45, 7) is 3.07. The highest BCUT2D eigenvalue weighted by Gasteiger charge is 2.19. The second kappa shape index (κ2) is 7.24. The Hall–Kier alpha value is -1.75. The van der Waals surface area contributed by atoms with E-state index in [1.807, 2.05) is 18.3 Å². The minimum absolute atomic E-state index is 0.509. The molecule has 25 heavy (non-hydrogen) atoms. The van der Waals surface area contributed by atoms with Gasteiger partial charge in [-0.2, -0.15) is 5.10 Å². The van der Waals surface area contributed by atoms with Crippen LogP contribution in [-0.4, -0.2) is 34.2 Å². The van der Waals surface area contributed by atoms with Crippen molar-refractivity contribution in [3.05, 3.63) is 58.2 Å². The van der Waals surface area contributed by atoms with Crippen LogP contribution >= 0.6 is 23.2 Å². The maximum absolute atomic E-state index is 6.11. The number of fused-ring (bicyclic) bond motifs is 1. The summed E-state index contributed by atoms with van der Waals surface area (Å²) in [5.41, 5.74) is 3.45. The molecule has 0 atom stereocenters. The van der Waals surface area contributed by atoms with Crippen LogP contribution in [0.15, 0.2) is 42.6 Å². The van der Waals surface area contributed by atoms with Crippen LogP contribution < -0.4 is 5.32 Å². The van der Waals surface area contributed by atoms with Gasteiger partial charge in [0, 0.05) is 36.7 Å². The Balaban J connectivity index is 1.32. The lowest BCUT2D eigenvalue weighted by Crippen LogP contribution is -2.38. The van der Waals surface area contributed by atoms with Gasteiger partial charge in [0.15, 0.2) is 0 Å². The van der Waals surface area contributed by atoms with Gasteiger partial charge in [0.05, 0.1) is 21.8 Å². The van der Waals surface area contributed by atoms with E-state index >= 15 is 0 Å². The molecule has 4 nitrogen and oxygen atoms in total. The Morgan fingerprint density at radius 1 is 1.08 bits per heavy atom. The van der Waals surface area contributed by atoms with Gasteiger partial charge in [-0.25, -0.2) is 0 Å². The number of H-pyrrole nitrogens is 1. The molecule has 130 valence electrons. The molecular weight excluding hydrogens is 355 g/mol. The summed E-state index contributed by atoms with van der Waals surface area (Å²) in [4.78, 5) is 2.47. The SMILES string of the molecule is Clc1ccc(CN2CCC(Nc3ccc4[nH]ncc4c3)CC2)cc1Cl. The number of rotatable bonds is 4. The van der Waals surface area contributed by atoms with Crippen LogP contribution in [-0.2, 0) is 6.54 Å². The fourth-order valence-corrected chi connectivity index (χ4v) is 3.72. The number of benzene rings is 2. The van der Waals surface area contributed by atoms with Crippen LogP contribution in [0.2, 0.25) is 10.0 Å². The van der Waals surface area contributed by atoms with Crippen LogP contribution in [0.25, 0.3) is 10.9 Å². The Morgan fingerprint density at radius 3 is 2.72 bits per heavy atom. The first kappa shape index (κ1) is 16.7. The summed E-state index contributed by atoms with van der Waals surface area (Å²) in [5, 5.41) is 13.1. The smallest absolute Gasteiger partial charge is 0.0651 e. The number of piperidine rings is 1. The molecule has 1 fully saturated rings. The van der Waals surface area contributed by atoms with E-state index in [9.17, 15) is 0 Å². The summed E-state index contributed by atoms with van der Waals surface area (Å²) in [5.74, 6) is 0. The van der Waals surface area contributed by atoms with Crippen molar-refractivity contribution in [2.45, 2.75) is 25.4 Å². The van der Waals surface area contributed by atoms with Crippen molar-refractivity contribution in [1.29, 1.82) is 0 Å². The average Bonchev–Trinajstić information content (AvgIpc) is 3.08. The van der Waals surface area contributed by atoms with Gasteiger partial charge in [0.25, 0.3) is 0 Å². The largest absolute Gasteiger partial charge is 0.382 e. The third-order valence-electron chi connectivity index (χ3n) is 4.79. The van der Waals surface area contributed by atoms with E-state index in [1.54, 1.807) is 0 Å². The van der Waals surface area contributed by atoms with Crippen molar-refractivity contribution in [3.63, 3.8) is 0 Å². The van der Waals surface area contributed by atoms with Gasteiger partial charge < -0.3 is 5.32 Å². The summed E-state index contributed by atoms with van der Waals surface area (Å²) < 4.78 is 0. The first-order chi connectivity index (χ1) is 12.2. The monoisotopic (exact) mass is 374 g/mol. The van der Waals surface area contributed by atoms with Crippen LogP contribution in [0.4, 0.5) is 5.69 Å². The predicted molar refractivity (Wildman–Crippen MR) is 104 cm³/mol. The van der Waals surface area contributed by atoms with E-state index in [0.717, 1.165) is 49.1 Å². The molecule has 1 aromatic heterocycles. The molecule has 0 unspecified atom stereocenters. The van der Waals surface area contributed by atoms with Crippen molar-refractivity contribution in [3.8, 4) is 0 Å². The molecule has 0 saturated carbocycles. The lowest BCUT2D eigenvalue weighted by Gasteiger charge is -2.33. The lowest BCUT2D eigenvalue weighted by molar-refractivity contribution is 0.211. The second-order valence-electron chi connectivity index (χ2n) is 6.62. The first-order valence-electron chi connectivity index (χ1n) is 8.53. The fourth-order valence-electron chi connectivity index (χ4n) is 3.40. The van der Waals surface area contributed by atoms with Gasteiger partial charge in [0.1, 0.15) is 0 Å². The Morgan fingerprint density at radius 2 is 1.92 bits per heavy atom. The zero-order chi connectivity index (χ0) is 17.2. The molecular formula is C19H20Cl2N4. The number of hydrogen-bond donors (Lipinski definition) is 2. The number of aromatic amines is 1. The molecule has 6 heteroatoms. The molecule has 1 aliphatic heterocycles. The van der Waals surface area contributed by atoms with E-state index < -0.39 is 0 Å². The lowest BCUT2D eigenvalue weighted by atomic mass is 10.0. The molecule has 0 spiro atoms. The topological polar surface area (TPSA) is 44.0 Å². The van der Waals surface area contributed by atoms with Crippen LogP contribution in [0.3, 0.4) is 0 Å². The fraction of sp³-hybridized carbons (Fsp3) is 0.316. The number of nitrogens with one attached hydrogen (secondary N) is 2. The van der Waals surface area contributed by atoms with Crippen LogP contribution in [0.1, 0.15) is 18.4 Å². The van der Waals surface area contributed by atoms with E-state index in [0.29, 0.717) is 16.1 Å². The quantitative estimate of drug-likeness (QED) is 0.679. The zero-order valence-corrected chi connectivity index (χ0v) is 15.3. The third-order valence-corrected chi connectivity index (χ3v) is 5.53. The van der Waals surface area contributed by atoms with Crippen molar-refractivity contribution in [2.24, 2.45) is 0 Å². The van der Waals surface area contributed by atoms with Crippen molar-refractivity contribution >= 4 is 39.8 Å². The summed E-state index contributed by atoms with van der Waals surface area (Å²) in [7, 11) is 0. The molecule has 2 heterocycles. The second-order valence-corrected chi connectivity index (χ2v) is 7.43. The third kappa shape index (κ3) is 3.92. The molecule has 0 radical (unpaired) electrons. The molecule has 2 aromatic carbocycles.